The summed E-state index contributed by atoms with van der Waals surface area (Å²) in [6.07, 6.45) is 8.30. The molecule has 27 heavy (non-hydrogen) atoms. The molecule has 138 valence electrons. The van der Waals surface area contributed by atoms with Crippen molar-refractivity contribution in [2.75, 3.05) is 0 Å². The molecule has 0 unspecified atom stereocenters. The number of nitriles is 1. The molecule has 2 aromatic carbocycles. The lowest BCUT2D eigenvalue weighted by Crippen LogP contribution is -2.08. The molecule has 2 rings (SSSR count). The number of ether oxygens (including phenoxy) is 1. The molecule has 0 amide bonds. The van der Waals surface area contributed by atoms with Gasteiger partial charge in [-0.15, -0.1) is 0 Å². The Balaban J connectivity index is 1.87. The molecular formula is C23H23NO3. The van der Waals surface area contributed by atoms with Gasteiger partial charge < -0.3 is 4.74 Å². The van der Waals surface area contributed by atoms with Crippen LogP contribution in [0.4, 0.5) is 0 Å². The lowest BCUT2D eigenvalue weighted by Gasteiger charge is -2.04. The molecule has 0 aliphatic rings. The Morgan fingerprint density at radius 1 is 1.00 bits per heavy atom. The molecule has 0 atom stereocenters. The molecule has 4 nitrogen and oxygen atoms in total. The van der Waals surface area contributed by atoms with Crippen LogP contribution < -0.4 is 4.74 Å². The molecule has 2 aromatic rings. The molecule has 0 aliphatic carbocycles. The van der Waals surface area contributed by atoms with Crippen molar-refractivity contribution in [1.82, 2.24) is 0 Å². The van der Waals surface area contributed by atoms with Crippen molar-refractivity contribution in [3.05, 3.63) is 71.3 Å². The first kappa shape index (κ1) is 20.1. The maximum Gasteiger partial charge on any atom is 0.343 e. The number of unbranched alkanes of at least 4 members (excludes halogenated alkanes) is 3. The predicted molar refractivity (Wildman–Crippen MR) is 105 cm³/mol. The van der Waals surface area contributed by atoms with Gasteiger partial charge in [-0.2, -0.15) is 5.26 Å². The average Bonchev–Trinajstić information content (AvgIpc) is 2.70. The minimum absolute atomic E-state index is 0.127. The Bertz CT molecular complexity index is 827. The van der Waals surface area contributed by atoms with E-state index in [1.165, 1.54) is 6.42 Å². The van der Waals surface area contributed by atoms with E-state index >= 15 is 0 Å². The van der Waals surface area contributed by atoms with E-state index in [2.05, 4.69) is 6.92 Å². The number of benzene rings is 2. The van der Waals surface area contributed by atoms with Gasteiger partial charge in [0.1, 0.15) is 5.75 Å². The van der Waals surface area contributed by atoms with Gasteiger partial charge in [0.15, 0.2) is 5.78 Å². The molecule has 0 saturated carbocycles. The van der Waals surface area contributed by atoms with E-state index in [0.29, 0.717) is 23.3 Å². The zero-order chi connectivity index (χ0) is 19.5. The fourth-order valence-corrected chi connectivity index (χ4v) is 2.49. The molecule has 0 radical (unpaired) electrons. The van der Waals surface area contributed by atoms with E-state index < -0.39 is 5.97 Å². The molecule has 0 aromatic heterocycles. The second-order valence-corrected chi connectivity index (χ2v) is 6.26. The number of nitrogens with zero attached hydrogens (tertiary/aromatic N) is 1. The highest BCUT2D eigenvalue weighted by Crippen LogP contribution is 2.16. The van der Waals surface area contributed by atoms with Crippen molar-refractivity contribution < 1.29 is 14.3 Å². The van der Waals surface area contributed by atoms with Gasteiger partial charge in [0.25, 0.3) is 0 Å². The van der Waals surface area contributed by atoms with Crippen LogP contribution >= 0.6 is 0 Å². The van der Waals surface area contributed by atoms with Crippen molar-refractivity contribution in [3.8, 4) is 11.8 Å². The predicted octanol–water partition coefficient (Wildman–Crippen LogP) is 5.33. The first-order chi connectivity index (χ1) is 13.1. The van der Waals surface area contributed by atoms with Crippen LogP contribution in [0.25, 0.3) is 6.08 Å². The largest absolute Gasteiger partial charge is 0.423 e. The van der Waals surface area contributed by atoms with Crippen molar-refractivity contribution in [1.29, 1.82) is 5.26 Å². The van der Waals surface area contributed by atoms with E-state index in [1.807, 2.05) is 6.07 Å². The molecule has 4 heteroatoms. The van der Waals surface area contributed by atoms with Gasteiger partial charge in [0.05, 0.1) is 17.2 Å². The maximum absolute atomic E-state index is 12.1. The summed E-state index contributed by atoms with van der Waals surface area (Å²) in [7, 11) is 0. The third-order valence-electron chi connectivity index (χ3n) is 4.08. The molecular weight excluding hydrogens is 338 g/mol. The first-order valence-corrected chi connectivity index (χ1v) is 9.15. The Kier molecular flexibility index (Phi) is 7.99. The van der Waals surface area contributed by atoms with Crippen molar-refractivity contribution in [3.63, 3.8) is 0 Å². The quantitative estimate of drug-likeness (QED) is 0.262. The molecule has 0 N–H and O–H groups in total. The zero-order valence-corrected chi connectivity index (χ0v) is 15.5. The van der Waals surface area contributed by atoms with Gasteiger partial charge in [0.2, 0.25) is 0 Å². The van der Waals surface area contributed by atoms with Crippen molar-refractivity contribution >= 4 is 17.8 Å². The third kappa shape index (κ3) is 6.91. The van der Waals surface area contributed by atoms with Gasteiger partial charge >= 0.3 is 5.97 Å². The van der Waals surface area contributed by atoms with E-state index in [1.54, 1.807) is 60.7 Å². The van der Waals surface area contributed by atoms with Gasteiger partial charge in [-0.25, -0.2) is 4.79 Å². The van der Waals surface area contributed by atoms with Crippen LogP contribution in [-0.2, 0) is 4.79 Å². The number of hydrogen-bond donors (Lipinski definition) is 0. The molecule has 0 aliphatic heterocycles. The average molecular weight is 361 g/mol. The molecule has 0 fully saturated rings. The highest BCUT2D eigenvalue weighted by Gasteiger charge is 2.08. The Labute approximate surface area is 160 Å². The number of ketones is 1. The standard InChI is InChI=1S/C23H23NO3/c1-2-3-4-5-6-21(25)14-9-18-10-15-22(16-11-18)27-23(26)20-12-7-19(17-24)8-13-20/h7-16H,2-6H2,1H3. The fourth-order valence-electron chi connectivity index (χ4n) is 2.49. The maximum atomic E-state index is 12.1. The second-order valence-electron chi connectivity index (χ2n) is 6.26. The van der Waals surface area contributed by atoms with Crippen LogP contribution in [0, 0.1) is 11.3 Å². The Hall–Kier alpha value is -3.19. The molecule has 0 heterocycles. The number of carbonyl (C=O) groups excluding carboxylic acids is 2. The smallest absolute Gasteiger partial charge is 0.343 e. The van der Waals surface area contributed by atoms with Crippen molar-refractivity contribution in [2.45, 2.75) is 39.0 Å². The van der Waals surface area contributed by atoms with Crippen LogP contribution in [0.15, 0.2) is 54.6 Å². The monoisotopic (exact) mass is 361 g/mol. The van der Waals surface area contributed by atoms with Gasteiger partial charge in [-0.1, -0.05) is 44.4 Å². The SMILES string of the molecule is CCCCCCC(=O)C=Cc1ccc(OC(=O)c2ccc(C#N)cc2)cc1. The second kappa shape index (κ2) is 10.7. The van der Waals surface area contributed by atoms with Gasteiger partial charge in [-0.05, 0) is 54.5 Å². The van der Waals surface area contributed by atoms with E-state index in [9.17, 15) is 9.59 Å². The summed E-state index contributed by atoms with van der Waals surface area (Å²) in [4.78, 5) is 23.9. The van der Waals surface area contributed by atoms with E-state index in [0.717, 1.165) is 24.8 Å². The minimum Gasteiger partial charge on any atom is -0.423 e. The van der Waals surface area contributed by atoms with Crippen LogP contribution in [-0.4, -0.2) is 11.8 Å². The van der Waals surface area contributed by atoms with Crippen LogP contribution in [0.1, 0.15) is 60.5 Å². The van der Waals surface area contributed by atoms with E-state index in [-0.39, 0.29) is 5.78 Å². The highest BCUT2D eigenvalue weighted by molar-refractivity contribution is 5.93. The summed E-state index contributed by atoms with van der Waals surface area (Å²) in [5, 5.41) is 8.78. The summed E-state index contributed by atoms with van der Waals surface area (Å²) in [5.74, 6) is 0.0693. The van der Waals surface area contributed by atoms with Gasteiger partial charge in [-0.3, -0.25) is 4.79 Å². The Morgan fingerprint density at radius 3 is 2.33 bits per heavy atom. The number of hydrogen-bond acceptors (Lipinski definition) is 4. The number of allylic oxidation sites excluding steroid dienone is 1. The molecule has 0 spiro atoms. The van der Waals surface area contributed by atoms with Crippen LogP contribution in [0.5, 0.6) is 5.75 Å². The summed E-state index contributed by atoms with van der Waals surface area (Å²) >= 11 is 0. The first-order valence-electron chi connectivity index (χ1n) is 9.15. The third-order valence-corrected chi connectivity index (χ3v) is 4.08. The molecule has 0 saturated heterocycles. The number of rotatable bonds is 9. The number of esters is 1. The van der Waals surface area contributed by atoms with Crippen molar-refractivity contribution in [2.24, 2.45) is 0 Å². The summed E-state index contributed by atoms with van der Waals surface area (Å²) < 4.78 is 5.32. The minimum atomic E-state index is -0.481. The molecule has 0 bridgehead atoms. The summed E-state index contributed by atoms with van der Waals surface area (Å²) in [6, 6.07) is 15.2. The normalized spacial score (nSPS) is 10.5. The lowest BCUT2D eigenvalue weighted by atomic mass is 10.1. The van der Waals surface area contributed by atoms with Gasteiger partial charge in [0, 0.05) is 6.42 Å². The lowest BCUT2D eigenvalue weighted by molar-refractivity contribution is -0.114. The van der Waals surface area contributed by atoms with Crippen LogP contribution in [0.2, 0.25) is 0 Å². The Morgan fingerprint density at radius 2 is 1.70 bits per heavy atom. The summed E-state index contributed by atoms with van der Waals surface area (Å²) in [6.45, 7) is 2.15. The highest BCUT2D eigenvalue weighted by atomic mass is 16.5. The number of carbonyl (C=O) groups is 2. The van der Waals surface area contributed by atoms with E-state index in [4.69, 9.17) is 10.00 Å². The summed E-state index contributed by atoms with van der Waals surface area (Å²) in [5.41, 5.74) is 1.74. The van der Waals surface area contributed by atoms with Crippen LogP contribution in [0.3, 0.4) is 0 Å². The topological polar surface area (TPSA) is 67.2 Å². The fraction of sp³-hybridized carbons (Fsp3) is 0.261. The zero-order valence-electron chi connectivity index (χ0n) is 15.5.